The lowest BCUT2D eigenvalue weighted by Gasteiger charge is -2.38. The topological polar surface area (TPSA) is 24.8 Å². The van der Waals surface area contributed by atoms with Gasteiger partial charge in [-0.15, -0.1) is 0 Å². The Morgan fingerprint density at radius 2 is 1.79 bits per heavy atom. The van der Waals surface area contributed by atoms with E-state index in [0.29, 0.717) is 10.0 Å². The second kappa shape index (κ2) is 7.08. The van der Waals surface area contributed by atoms with Crippen molar-refractivity contribution in [1.82, 2.24) is 5.01 Å². The number of fused-ring (bicyclic) bond motifs is 3. The summed E-state index contributed by atoms with van der Waals surface area (Å²) in [5.74, 6) is 0.831. The van der Waals surface area contributed by atoms with Crippen LogP contribution in [0.3, 0.4) is 0 Å². The quantitative estimate of drug-likeness (QED) is 0.450. The number of nitrogens with zero attached hydrogens (tertiary/aromatic N) is 2. The minimum atomic E-state index is -0.384. The molecule has 0 saturated carbocycles. The van der Waals surface area contributed by atoms with Crippen molar-refractivity contribution in [3.63, 3.8) is 0 Å². The summed E-state index contributed by atoms with van der Waals surface area (Å²) in [5.41, 5.74) is 6.65. The van der Waals surface area contributed by atoms with E-state index in [2.05, 4.69) is 32.0 Å². The molecule has 0 radical (unpaired) electrons. The standard InChI is InChI=1S/C24H20Cl2N2O/c1-14-7-8-15(2)18(11-14)21-13-22-19-12-16(25)9-10-23(19)29-24(28(22)27-21)17-5-3-4-6-20(17)26/h3-12,22,24H,13H2,1-2H3/t22-,24+/m1/s1. The summed E-state index contributed by atoms with van der Waals surface area (Å²) in [7, 11) is 0. The molecule has 146 valence electrons. The summed E-state index contributed by atoms with van der Waals surface area (Å²) >= 11 is 12.8. The average molecular weight is 423 g/mol. The summed E-state index contributed by atoms with van der Waals surface area (Å²) in [6.07, 6.45) is 0.409. The predicted molar refractivity (Wildman–Crippen MR) is 118 cm³/mol. The van der Waals surface area contributed by atoms with Gasteiger partial charge in [-0.25, -0.2) is 5.01 Å². The molecular weight excluding hydrogens is 403 g/mol. The number of benzene rings is 3. The summed E-state index contributed by atoms with van der Waals surface area (Å²) in [6, 6.07) is 20.1. The van der Waals surface area contributed by atoms with Crippen LogP contribution in [0.25, 0.3) is 0 Å². The molecule has 0 N–H and O–H groups in total. The molecule has 2 aliphatic heterocycles. The van der Waals surface area contributed by atoms with Gasteiger partial charge in [0.2, 0.25) is 6.23 Å². The summed E-state index contributed by atoms with van der Waals surface area (Å²) < 4.78 is 6.38. The second-order valence-corrected chi connectivity index (χ2v) is 8.48. The molecule has 0 bridgehead atoms. The molecule has 3 aromatic carbocycles. The number of aryl methyl sites for hydroxylation is 2. The highest BCUT2D eigenvalue weighted by Gasteiger charge is 2.41. The molecule has 2 aliphatic rings. The fourth-order valence-electron chi connectivity index (χ4n) is 4.15. The maximum absolute atomic E-state index is 6.52. The Labute approximate surface area is 180 Å². The summed E-state index contributed by atoms with van der Waals surface area (Å²) in [6.45, 7) is 4.23. The third-order valence-electron chi connectivity index (χ3n) is 5.63. The van der Waals surface area contributed by atoms with E-state index in [-0.39, 0.29) is 12.3 Å². The Balaban J connectivity index is 1.65. The maximum Gasteiger partial charge on any atom is 0.215 e. The number of hydrazone groups is 1. The smallest absolute Gasteiger partial charge is 0.215 e. The molecule has 0 spiro atoms. The van der Waals surface area contributed by atoms with E-state index in [1.165, 1.54) is 16.7 Å². The number of hydrogen-bond acceptors (Lipinski definition) is 3. The fourth-order valence-corrected chi connectivity index (χ4v) is 4.56. The van der Waals surface area contributed by atoms with Crippen molar-refractivity contribution in [2.24, 2.45) is 5.10 Å². The Kier molecular flexibility index (Phi) is 4.53. The molecule has 0 unspecified atom stereocenters. The molecule has 0 aromatic heterocycles. The first-order chi connectivity index (χ1) is 14.0. The predicted octanol–water partition coefficient (Wildman–Crippen LogP) is 6.85. The third kappa shape index (κ3) is 3.19. The Hall–Kier alpha value is -2.49. The van der Waals surface area contributed by atoms with Gasteiger partial charge in [0.15, 0.2) is 0 Å². The summed E-state index contributed by atoms with van der Waals surface area (Å²) in [4.78, 5) is 0. The first kappa shape index (κ1) is 18.5. The van der Waals surface area contributed by atoms with Gasteiger partial charge in [0.05, 0.1) is 11.8 Å². The van der Waals surface area contributed by atoms with Gasteiger partial charge in [0.25, 0.3) is 0 Å². The second-order valence-electron chi connectivity index (χ2n) is 7.64. The molecule has 3 aromatic rings. The monoisotopic (exact) mass is 422 g/mol. The van der Waals surface area contributed by atoms with Crippen molar-refractivity contribution in [2.45, 2.75) is 32.5 Å². The van der Waals surface area contributed by atoms with E-state index in [0.717, 1.165) is 29.0 Å². The van der Waals surface area contributed by atoms with Crippen LogP contribution in [-0.4, -0.2) is 10.7 Å². The van der Waals surface area contributed by atoms with Crippen LogP contribution in [-0.2, 0) is 0 Å². The number of ether oxygens (including phenoxy) is 1. The molecule has 0 saturated heterocycles. The minimum Gasteiger partial charge on any atom is -0.464 e. The molecule has 0 aliphatic carbocycles. The fraction of sp³-hybridized carbons (Fsp3) is 0.208. The molecule has 2 heterocycles. The third-order valence-corrected chi connectivity index (χ3v) is 6.21. The van der Waals surface area contributed by atoms with Crippen molar-refractivity contribution in [1.29, 1.82) is 0 Å². The van der Waals surface area contributed by atoms with Gasteiger partial charge in [-0.1, -0.05) is 59.1 Å². The zero-order valence-corrected chi connectivity index (χ0v) is 17.7. The number of rotatable bonds is 2. The van der Waals surface area contributed by atoms with Crippen LogP contribution in [0.2, 0.25) is 10.0 Å². The van der Waals surface area contributed by atoms with Crippen molar-refractivity contribution < 1.29 is 4.74 Å². The zero-order chi connectivity index (χ0) is 20.1. The SMILES string of the molecule is Cc1ccc(C)c(C2=NN3[C@H](C2)c2cc(Cl)ccc2O[C@H]3c2ccccc2Cl)c1. The largest absolute Gasteiger partial charge is 0.464 e. The van der Waals surface area contributed by atoms with E-state index in [1.54, 1.807) is 0 Å². The van der Waals surface area contributed by atoms with E-state index in [9.17, 15) is 0 Å². The van der Waals surface area contributed by atoms with E-state index in [4.69, 9.17) is 33.0 Å². The molecule has 0 amide bonds. The van der Waals surface area contributed by atoms with Crippen molar-refractivity contribution in [3.05, 3.63) is 98.5 Å². The van der Waals surface area contributed by atoms with Crippen molar-refractivity contribution >= 4 is 28.9 Å². The van der Waals surface area contributed by atoms with Gasteiger partial charge in [0, 0.05) is 33.2 Å². The summed E-state index contributed by atoms with van der Waals surface area (Å²) in [5, 5.41) is 8.44. The van der Waals surface area contributed by atoms with E-state index in [1.807, 2.05) is 47.5 Å². The van der Waals surface area contributed by atoms with Gasteiger partial charge in [-0.05, 0) is 49.7 Å². The average Bonchev–Trinajstić information content (AvgIpc) is 3.15. The van der Waals surface area contributed by atoms with Gasteiger partial charge in [0.1, 0.15) is 5.75 Å². The molecule has 5 heteroatoms. The lowest BCUT2D eigenvalue weighted by atomic mass is 9.93. The van der Waals surface area contributed by atoms with Gasteiger partial charge in [-0.2, -0.15) is 5.10 Å². The maximum atomic E-state index is 6.52. The Morgan fingerprint density at radius 3 is 2.62 bits per heavy atom. The van der Waals surface area contributed by atoms with Crippen LogP contribution in [0.15, 0.2) is 65.8 Å². The van der Waals surface area contributed by atoms with Crippen LogP contribution in [0.5, 0.6) is 5.75 Å². The van der Waals surface area contributed by atoms with Crippen LogP contribution < -0.4 is 4.74 Å². The van der Waals surface area contributed by atoms with Crippen LogP contribution in [0.1, 0.15) is 46.5 Å². The van der Waals surface area contributed by atoms with Crippen LogP contribution in [0.4, 0.5) is 0 Å². The Bertz CT molecular complexity index is 1140. The van der Waals surface area contributed by atoms with E-state index < -0.39 is 0 Å². The zero-order valence-electron chi connectivity index (χ0n) is 16.2. The molecule has 3 nitrogen and oxygen atoms in total. The molecular formula is C24H20Cl2N2O. The van der Waals surface area contributed by atoms with Gasteiger partial charge < -0.3 is 4.74 Å². The molecule has 0 fully saturated rings. The minimum absolute atomic E-state index is 0.0497. The first-order valence-electron chi connectivity index (χ1n) is 9.65. The Morgan fingerprint density at radius 1 is 0.966 bits per heavy atom. The van der Waals surface area contributed by atoms with Crippen LogP contribution >= 0.6 is 23.2 Å². The lowest BCUT2D eigenvalue weighted by Crippen LogP contribution is -2.33. The number of halogens is 2. The van der Waals surface area contributed by atoms with Crippen molar-refractivity contribution in [2.75, 3.05) is 0 Å². The van der Waals surface area contributed by atoms with Gasteiger partial charge >= 0.3 is 0 Å². The number of hydrogen-bond donors (Lipinski definition) is 0. The van der Waals surface area contributed by atoms with Gasteiger partial charge in [-0.3, -0.25) is 0 Å². The lowest BCUT2D eigenvalue weighted by molar-refractivity contribution is -0.0189. The molecule has 2 atom stereocenters. The van der Waals surface area contributed by atoms with E-state index >= 15 is 0 Å². The first-order valence-corrected chi connectivity index (χ1v) is 10.4. The normalized spacial score (nSPS) is 20.0. The highest BCUT2D eigenvalue weighted by Crippen LogP contribution is 2.49. The molecule has 29 heavy (non-hydrogen) atoms. The molecule has 5 rings (SSSR count). The highest BCUT2D eigenvalue weighted by atomic mass is 35.5. The highest BCUT2D eigenvalue weighted by molar-refractivity contribution is 6.31. The van der Waals surface area contributed by atoms with Crippen LogP contribution in [0, 0.1) is 13.8 Å². The van der Waals surface area contributed by atoms with Crippen molar-refractivity contribution in [3.8, 4) is 5.75 Å².